The molecule has 0 unspecified atom stereocenters. The molecule has 3 aromatic rings. The molecule has 0 saturated heterocycles. The smallest absolute Gasteiger partial charge is 0.175 e. The summed E-state index contributed by atoms with van der Waals surface area (Å²) in [5, 5.41) is 0. The van der Waals surface area contributed by atoms with Crippen molar-refractivity contribution in [1.29, 1.82) is 0 Å². The summed E-state index contributed by atoms with van der Waals surface area (Å²) < 4.78 is 61.7. The third-order valence-electron chi connectivity index (χ3n) is 4.60. The van der Waals surface area contributed by atoms with Crippen LogP contribution >= 0.6 is 0 Å². The van der Waals surface area contributed by atoms with Crippen molar-refractivity contribution in [2.24, 2.45) is 0 Å². The Balaban J connectivity index is 2.13. The van der Waals surface area contributed by atoms with Gasteiger partial charge in [-0.1, -0.05) is 18.2 Å². The fourth-order valence-electron chi connectivity index (χ4n) is 3.09. The van der Waals surface area contributed by atoms with Crippen LogP contribution in [-0.4, -0.2) is 28.9 Å². The molecule has 0 radical (unpaired) electrons. The van der Waals surface area contributed by atoms with Gasteiger partial charge in [0.2, 0.25) is 0 Å². The summed E-state index contributed by atoms with van der Waals surface area (Å²) in [4.78, 5) is 0.202. The largest absolute Gasteiger partial charge is 0.493 e. The van der Waals surface area contributed by atoms with Gasteiger partial charge in [-0.25, -0.2) is 17.2 Å². The van der Waals surface area contributed by atoms with E-state index in [1.54, 1.807) is 24.3 Å². The van der Waals surface area contributed by atoms with Crippen molar-refractivity contribution in [3.05, 3.63) is 77.4 Å². The van der Waals surface area contributed by atoms with Crippen molar-refractivity contribution in [3.8, 4) is 22.6 Å². The van der Waals surface area contributed by atoms with Gasteiger partial charge in [-0.3, -0.25) is 0 Å². The molecule has 0 aromatic heterocycles. The van der Waals surface area contributed by atoms with E-state index >= 15 is 0 Å². The van der Waals surface area contributed by atoms with Crippen LogP contribution in [0, 0.1) is 11.6 Å². The Morgan fingerprint density at radius 1 is 0.828 bits per heavy atom. The summed E-state index contributed by atoms with van der Waals surface area (Å²) in [5.74, 6) is -0.326. The highest BCUT2D eigenvalue weighted by Crippen LogP contribution is 2.37. The second-order valence-corrected chi connectivity index (χ2v) is 8.59. The van der Waals surface area contributed by atoms with E-state index in [9.17, 15) is 17.2 Å². The molecule has 0 bridgehead atoms. The van der Waals surface area contributed by atoms with E-state index in [4.69, 9.17) is 9.47 Å². The van der Waals surface area contributed by atoms with Gasteiger partial charge >= 0.3 is 0 Å². The lowest BCUT2D eigenvalue weighted by Crippen LogP contribution is -2.00. The first-order valence-corrected chi connectivity index (χ1v) is 10.6. The van der Waals surface area contributed by atoms with Gasteiger partial charge in [-0.05, 0) is 52.6 Å². The zero-order valence-electron chi connectivity index (χ0n) is 16.2. The summed E-state index contributed by atoms with van der Waals surface area (Å²) in [6.45, 7) is 0. The van der Waals surface area contributed by atoms with Crippen molar-refractivity contribution in [3.63, 3.8) is 0 Å². The number of methoxy groups -OCH3 is 2. The molecule has 152 valence electrons. The average Bonchev–Trinajstić information content (AvgIpc) is 2.69. The maximum Gasteiger partial charge on any atom is 0.175 e. The molecule has 0 aliphatic carbocycles. The van der Waals surface area contributed by atoms with Crippen LogP contribution in [0.3, 0.4) is 0 Å². The topological polar surface area (TPSA) is 52.6 Å². The van der Waals surface area contributed by atoms with E-state index in [0.29, 0.717) is 17.1 Å². The Morgan fingerprint density at radius 3 is 2.00 bits per heavy atom. The van der Waals surface area contributed by atoms with Crippen molar-refractivity contribution >= 4 is 9.84 Å². The van der Waals surface area contributed by atoms with Crippen LogP contribution in [0.25, 0.3) is 11.1 Å². The molecule has 29 heavy (non-hydrogen) atoms. The average molecular weight is 418 g/mol. The predicted molar refractivity (Wildman–Crippen MR) is 107 cm³/mol. The Hall–Kier alpha value is -2.93. The highest BCUT2D eigenvalue weighted by Gasteiger charge is 2.16. The summed E-state index contributed by atoms with van der Waals surface area (Å²) in [7, 11) is -0.315. The first-order chi connectivity index (χ1) is 13.7. The van der Waals surface area contributed by atoms with E-state index in [2.05, 4.69) is 0 Å². The lowest BCUT2D eigenvalue weighted by molar-refractivity contribution is 0.355. The van der Waals surface area contributed by atoms with E-state index in [0.717, 1.165) is 29.0 Å². The normalized spacial score (nSPS) is 11.3. The molecule has 0 aliphatic rings. The van der Waals surface area contributed by atoms with E-state index in [1.165, 1.54) is 38.5 Å². The summed E-state index contributed by atoms with van der Waals surface area (Å²) in [6.07, 6.45) is 1.33. The highest BCUT2D eigenvalue weighted by atomic mass is 32.2. The molecular weight excluding hydrogens is 398 g/mol. The number of hydrogen-bond acceptors (Lipinski definition) is 4. The molecule has 0 atom stereocenters. The predicted octanol–water partition coefficient (Wildman–Crippen LogP) is 4.64. The zero-order valence-corrected chi connectivity index (χ0v) is 17.0. The SMILES string of the molecule is COc1cc(Cc2ccc(F)cc2F)c(-c2ccc(S(C)(=O)=O)cc2)cc1OC. The van der Waals surface area contributed by atoms with Crippen molar-refractivity contribution in [1.82, 2.24) is 0 Å². The minimum absolute atomic E-state index is 0.190. The van der Waals surface area contributed by atoms with Crippen LogP contribution in [0.2, 0.25) is 0 Å². The monoisotopic (exact) mass is 418 g/mol. The Morgan fingerprint density at radius 2 is 1.45 bits per heavy atom. The third kappa shape index (κ3) is 4.56. The number of sulfone groups is 1. The van der Waals surface area contributed by atoms with E-state index < -0.39 is 21.5 Å². The quantitative estimate of drug-likeness (QED) is 0.585. The van der Waals surface area contributed by atoms with Gasteiger partial charge in [0.05, 0.1) is 19.1 Å². The number of hydrogen-bond donors (Lipinski definition) is 0. The van der Waals surface area contributed by atoms with Gasteiger partial charge < -0.3 is 9.47 Å². The van der Waals surface area contributed by atoms with Crippen LogP contribution < -0.4 is 9.47 Å². The third-order valence-corrected chi connectivity index (χ3v) is 5.73. The molecule has 0 heterocycles. The summed E-state index contributed by atoms with van der Waals surface area (Å²) in [5.41, 5.74) is 2.51. The zero-order chi connectivity index (χ0) is 21.2. The summed E-state index contributed by atoms with van der Waals surface area (Å²) in [6, 6.07) is 13.3. The fraction of sp³-hybridized carbons (Fsp3) is 0.182. The Bertz CT molecular complexity index is 1140. The van der Waals surface area contributed by atoms with Gasteiger partial charge in [-0.15, -0.1) is 0 Å². The maximum atomic E-state index is 14.2. The van der Waals surface area contributed by atoms with Crippen LogP contribution in [0.1, 0.15) is 11.1 Å². The molecular formula is C22H20F2O4S. The minimum Gasteiger partial charge on any atom is -0.493 e. The molecule has 3 rings (SSSR count). The first kappa shape index (κ1) is 20.8. The Labute approximate surface area is 168 Å². The molecule has 0 saturated carbocycles. The van der Waals surface area contributed by atoms with Gasteiger partial charge in [0.1, 0.15) is 11.6 Å². The van der Waals surface area contributed by atoms with Crippen LogP contribution in [0.5, 0.6) is 11.5 Å². The molecule has 3 aromatic carbocycles. The van der Waals surface area contributed by atoms with Crippen molar-refractivity contribution in [2.45, 2.75) is 11.3 Å². The van der Waals surface area contributed by atoms with Crippen LogP contribution in [0.4, 0.5) is 8.78 Å². The molecule has 0 aliphatic heterocycles. The molecule has 0 N–H and O–H groups in total. The van der Waals surface area contributed by atoms with E-state index in [1.807, 2.05) is 0 Å². The van der Waals surface area contributed by atoms with Gasteiger partial charge in [0, 0.05) is 18.7 Å². The maximum absolute atomic E-state index is 14.2. The van der Waals surface area contributed by atoms with Gasteiger partial charge in [-0.2, -0.15) is 0 Å². The van der Waals surface area contributed by atoms with E-state index in [-0.39, 0.29) is 11.3 Å². The standard InChI is InChI=1S/C22H20F2O4S/c1-27-21-11-16(10-15-4-7-17(23)12-20(15)24)19(13-22(21)28-2)14-5-8-18(9-6-14)29(3,25)26/h4-9,11-13H,10H2,1-3H3. The molecule has 0 amide bonds. The molecule has 0 spiro atoms. The molecule has 0 fully saturated rings. The van der Waals surface area contributed by atoms with Crippen LogP contribution in [0.15, 0.2) is 59.5 Å². The second-order valence-electron chi connectivity index (χ2n) is 6.57. The molecule has 4 nitrogen and oxygen atoms in total. The highest BCUT2D eigenvalue weighted by molar-refractivity contribution is 7.90. The van der Waals surface area contributed by atoms with Crippen molar-refractivity contribution in [2.75, 3.05) is 20.5 Å². The second kappa shape index (κ2) is 8.21. The molecule has 7 heteroatoms. The van der Waals surface area contributed by atoms with Crippen LogP contribution in [-0.2, 0) is 16.3 Å². The summed E-state index contributed by atoms with van der Waals surface area (Å²) >= 11 is 0. The van der Waals surface area contributed by atoms with Gasteiger partial charge in [0.15, 0.2) is 21.3 Å². The number of benzene rings is 3. The lowest BCUT2D eigenvalue weighted by Gasteiger charge is -2.16. The first-order valence-electron chi connectivity index (χ1n) is 8.72. The van der Waals surface area contributed by atoms with Crippen molar-refractivity contribution < 1.29 is 26.7 Å². The number of halogens is 2. The Kier molecular flexibility index (Phi) is 5.88. The fourth-order valence-corrected chi connectivity index (χ4v) is 3.72. The minimum atomic E-state index is -3.32. The number of rotatable bonds is 6. The lowest BCUT2D eigenvalue weighted by atomic mass is 9.94. The number of ether oxygens (including phenoxy) is 2. The van der Waals surface area contributed by atoms with Gasteiger partial charge in [0.25, 0.3) is 0 Å².